The maximum absolute atomic E-state index is 13.8. The third-order valence-electron chi connectivity index (χ3n) is 3.32. The molecule has 0 bridgehead atoms. The third kappa shape index (κ3) is 3.48. The van der Waals surface area contributed by atoms with Gasteiger partial charge < -0.3 is 9.30 Å². The van der Waals surface area contributed by atoms with Gasteiger partial charge in [-0.05, 0) is 24.3 Å². The van der Waals surface area contributed by atoms with Gasteiger partial charge in [-0.3, -0.25) is 4.79 Å². The number of carbonyl (C=O) groups is 1. The van der Waals surface area contributed by atoms with E-state index in [4.69, 9.17) is 4.74 Å². The molecule has 0 radical (unpaired) electrons. The number of hydrogen-bond acceptors (Lipinski definition) is 3. The van der Waals surface area contributed by atoms with Gasteiger partial charge >= 0.3 is 0 Å². The lowest BCUT2D eigenvalue weighted by atomic mass is 10.3. The van der Waals surface area contributed by atoms with Crippen molar-refractivity contribution in [2.75, 3.05) is 6.61 Å². The number of aryl methyl sites for hydroxylation is 1. The zero-order valence-electron chi connectivity index (χ0n) is 12.5. The lowest BCUT2D eigenvalue weighted by molar-refractivity contribution is -0.118. The molecule has 6 heteroatoms. The third-order valence-corrected chi connectivity index (χ3v) is 4.42. The van der Waals surface area contributed by atoms with Crippen molar-refractivity contribution in [3.05, 3.63) is 59.1 Å². The number of benzene rings is 2. The van der Waals surface area contributed by atoms with E-state index in [2.05, 4.69) is 4.99 Å². The van der Waals surface area contributed by atoms with Crippen molar-refractivity contribution in [2.45, 2.75) is 6.42 Å². The minimum Gasteiger partial charge on any atom is -0.493 e. The van der Waals surface area contributed by atoms with E-state index < -0.39 is 0 Å². The van der Waals surface area contributed by atoms with Crippen molar-refractivity contribution in [2.24, 2.45) is 12.0 Å². The highest BCUT2D eigenvalue weighted by Crippen LogP contribution is 2.19. The lowest BCUT2D eigenvalue weighted by Gasteiger charge is -2.03. The van der Waals surface area contributed by atoms with Gasteiger partial charge in [0.2, 0.25) is 0 Å². The molecule has 1 heterocycles. The van der Waals surface area contributed by atoms with Crippen LogP contribution in [0.3, 0.4) is 0 Å². The van der Waals surface area contributed by atoms with Crippen molar-refractivity contribution in [3.63, 3.8) is 0 Å². The number of halogens is 1. The first-order valence-corrected chi connectivity index (χ1v) is 7.96. The van der Waals surface area contributed by atoms with E-state index in [0.717, 1.165) is 10.4 Å². The van der Waals surface area contributed by atoms with Gasteiger partial charge in [0.05, 0.1) is 23.2 Å². The highest BCUT2D eigenvalue weighted by atomic mass is 32.1. The summed E-state index contributed by atoms with van der Waals surface area (Å²) in [6.07, 6.45) is 0.172. The number of nitrogens with zero attached hydrogens (tertiary/aromatic N) is 2. The molecule has 0 N–H and O–H groups in total. The van der Waals surface area contributed by atoms with Crippen LogP contribution in [-0.2, 0) is 11.8 Å². The Morgan fingerprint density at radius 3 is 2.74 bits per heavy atom. The number of hydrogen-bond donors (Lipinski definition) is 0. The predicted molar refractivity (Wildman–Crippen MR) is 87.9 cm³/mol. The van der Waals surface area contributed by atoms with Crippen LogP contribution in [0.4, 0.5) is 4.39 Å². The number of thiazole rings is 1. The molecule has 3 rings (SSSR count). The van der Waals surface area contributed by atoms with Crippen molar-refractivity contribution in [1.82, 2.24) is 4.57 Å². The summed E-state index contributed by atoms with van der Waals surface area (Å²) in [6.45, 7) is 0.259. The van der Waals surface area contributed by atoms with Crippen molar-refractivity contribution >= 4 is 27.5 Å². The highest BCUT2D eigenvalue weighted by molar-refractivity contribution is 7.16. The fourth-order valence-electron chi connectivity index (χ4n) is 2.20. The molecule has 0 saturated carbocycles. The number of amides is 1. The second-order valence-electron chi connectivity index (χ2n) is 4.95. The number of ether oxygens (including phenoxy) is 1. The summed E-state index contributed by atoms with van der Waals surface area (Å²) in [5.41, 5.74) is 0.463. The van der Waals surface area contributed by atoms with Crippen LogP contribution in [0.25, 0.3) is 10.2 Å². The first-order valence-electron chi connectivity index (χ1n) is 7.14. The average Bonchev–Trinajstić information content (AvgIpc) is 2.86. The molecule has 0 unspecified atom stereocenters. The Hall–Kier alpha value is -2.47. The Morgan fingerprint density at radius 2 is 2.00 bits per heavy atom. The Labute approximate surface area is 136 Å². The lowest BCUT2D eigenvalue weighted by Crippen LogP contribution is -2.15. The fourth-order valence-corrected chi connectivity index (χ4v) is 3.25. The zero-order valence-corrected chi connectivity index (χ0v) is 13.3. The van der Waals surface area contributed by atoms with Gasteiger partial charge in [0, 0.05) is 7.05 Å². The number of fused-ring (bicyclic) bond motifs is 1. The van der Waals surface area contributed by atoms with Gasteiger partial charge in [-0.25, -0.2) is 4.39 Å². The summed E-state index contributed by atoms with van der Waals surface area (Å²) in [5, 5.41) is 0. The molecule has 0 aliphatic carbocycles. The predicted octanol–water partition coefficient (Wildman–Crippen LogP) is 3.28. The van der Waals surface area contributed by atoms with E-state index in [0.29, 0.717) is 10.3 Å². The summed E-state index contributed by atoms with van der Waals surface area (Å²) in [7, 11) is 1.70. The monoisotopic (exact) mass is 330 g/mol. The first kappa shape index (κ1) is 15.4. The molecule has 2 aromatic carbocycles. The van der Waals surface area contributed by atoms with E-state index in [1.165, 1.54) is 17.4 Å². The van der Waals surface area contributed by atoms with E-state index in [-0.39, 0.29) is 24.8 Å². The maximum atomic E-state index is 13.8. The topological polar surface area (TPSA) is 43.6 Å². The molecular weight excluding hydrogens is 315 g/mol. The summed E-state index contributed by atoms with van der Waals surface area (Å²) >= 11 is 1.29. The second-order valence-corrected chi connectivity index (χ2v) is 5.96. The van der Waals surface area contributed by atoms with Gasteiger partial charge in [-0.2, -0.15) is 4.99 Å². The van der Waals surface area contributed by atoms with Crippen LogP contribution in [0.1, 0.15) is 6.42 Å². The Kier molecular flexibility index (Phi) is 4.52. The van der Waals surface area contributed by atoms with E-state index in [1.807, 2.05) is 36.4 Å². The maximum Gasteiger partial charge on any atom is 0.251 e. The SMILES string of the molecule is Cn1c(=NC(=O)CCOc2ccccc2)sc2cccc(F)c21. The highest BCUT2D eigenvalue weighted by Gasteiger charge is 2.09. The average molecular weight is 330 g/mol. The zero-order chi connectivity index (χ0) is 16.2. The van der Waals surface area contributed by atoms with Crippen LogP contribution >= 0.6 is 11.3 Å². The van der Waals surface area contributed by atoms with Gasteiger partial charge in [0.15, 0.2) is 4.80 Å². The first-order chi connectivity index (χ1) is 11.1. The molecule has 23 heavy (non-hydrogen) atoms. The fraction of sp³-hybridized carbons (Fsp3) is 0.176. The molecule has 3 aromatic rings. The molecule has 0 saturated heterocycles. The quantitative estimate of drug-likeness (QED) is 0.737. The summed E-state index contributed by atoms with van der Waals surface area (Å²) in [6, 6.07) is 14.1. The summed E-state index contributed by atoms with van der Waals surface area (Å²) < 4.78 is 21.7. The summed E-state index contributed by atoms with van der Waals surface area (Å²) in [4.78, 5) is 16.5. The van der Waals surface area contributed by atoms with E-state index >= 15 is 0 Å². The van der Waals surface area contributed by atoms with Crippen LogP contribution in [-0.4, -0.2) is 17.1 Å². The van der Waals surface area contributed by atoms with Crippen LogP contribution < -0.4 is 9.54 Å². The van der Waals surface area contributed by atoms with Crippen LogP contribution in [0.15, 0.2) is 53.5 Å². The van der Waals surface area contributed by atoms with Crippen LogP contribution in [0.2, 0.25) is 0 Å². The Morgan fingerprint density at radius 1 is 1.22 bits per heavy atom. The largest absolute Gasteiger partial charge is 0.493 e. The molecule has 4 nitrogen and oxygen atoms in total. The number of aromatic nitrogens is 1. The molecule has 0 fully saturated rings. The Bertz CT molecular complexity index is 900. The van der Waals surface area contributed by atoms with Gasteiger partial charge in [0.25, 0.3) is 5.91 Å². The molecular formula is C17H15FN2O2S. The number of para-hydroxylation sites is 2. The number of rotatable bonds is 4. The molecule has 118 valence electrons. The van der Waals surface area contributed by atoms with Gasteiger partial charge in [-0.15, -0.1) is 0 Å². The molecule has 0 aliphatic rings. The molecule has 1 amide bonds. The molecule has 1 aromatic heterocycles. The standard InChI is InChI=1S/C17H15FN2O2S/c1-20-16-13(18)8-5-9-14(16)23-17(20)19-15(21)10-11-22-12-6-3-2-4-7-12/h2-9H,10-11H2,1H3. The Balaban J connectivity index is 1.72. The number of carbonyl (C=O) groups excluding carboxylic acids is 1. The van der Waals surface area contributed by atoms with Crippen molar-refractivity contribution < 1.29 is 13.9 Å². The normalized spacial score (nSPS) is 11.8. The van der Waals surface area contributed by atoms with E-state index in [1.54, 1.807) is 17.7 Å². The van der Waals surface area contributed by atoms with Gasteiger partial charge in [0.1, 0.15) is 11.6 Å². The van der Waals surface area contributed by atoms with Crippen molar-refractivity contribution in [3.8, 4) is 5.75 Å². The van der Waals surface area contributed by atoms with Crippen LogP contribution in [0, 0.1) is 5.82 Å². The van der Waals surface area contributed by atoms with E-state index in [9.17, 15) is 9.18 Å². The van der Waals surface area contributed by atoms with Crippen molar-refractivity contribution in [1.29, 1.82) is 0 Å². The van der Waals surface area contributed by atoms with Gasteiger partial charge in [-0.1, -0.05) is 35.6 Å². The molecule has 0 aliphatic heterocycles. The molecule has 0 atom stereocenters. The minimum atomic E-state index is -0.317. The molecule has 0 spiro atoms. The minimum absolute atomic E-state index is 0.172. The smallest absolute Gasteiger partial charge is 0.251 e. The second kappa shape index (κ2) is 6.75. The van der Waals surface area contributed by atoms with Crippen LogP contribution in [0.5, 0.6) is 5.75 Å². The summed E-state index contributed by atoms with van der Waals surface area (Å²) in [5.74, 6) is 0.112.